The molecule has 0 spiro atoms. The van der Waals surface area contributed by atoms with Gasteiger partial charge < -0.3 is 37.2 Å². The SMILES string of the molecule is C[Si](C)C.[Cl-].[Cl-].[Cl-].[Zr+4].c1cc[cH-]c1. The van der Waals surface area contributed by atoms with E-state index in [2.05, 4.69) is 19.6 Å². The largest absolute Gasteiger partial charge is 4.00 e. The van der Waals surface area contributed by atoms with Crippen molar-refractivity contribution in [3.05, 3.63) is 30.3 Å². The fraction of sp³-hybridized carbons (Fsp3) is 0.375. The fourth-order valence-corrected chi connectivity index (χ4v) is 0.321. The summed E-state index contributed by atoms with van der Waals surface area (Å²) in [5, 5.41) is 0. The van der Waals surface area contributed by atoms with E-state index in [4.69, 9.17) is 0 Å². The number of hydrogen-bond acceptors (Lipinski definition) is 0. The molecule has 1 rings (SSSR count). The first-order chi connectivity index (χ1) is 4.23. The zero-order valence-electron chi connectivity index (χ0n) is 8.02. The molecule has 75 valence electrons. The summed E-state index contributed by atoms with van der Waals surface area (Å²) in [4.78, 5) is 0. The Morgan fingerprint density at radius 1 is 0.846 bits per heavy atom. The molecule has 0 aliphatic rings. The minimum Gasteiger partial charge on any atom is -1.00 e. The van der Waals surface area contributed by atoms with Gasteiger partial charge in [0.05, 0.1) is 0 Å². The average Bonchev–Trinajstić information content (AvgIpc) is 2.11. The molecule has 5 heteroatoms. The van der Waals surface area contributed by atoms with E-state index >= 15 is 0 Å². The van der Waals surface area contributed by atoms with Crippen molar-refractivity contribution in [3.63, 3.8) is 0 Å². The molecule has 0 aliphatic carbocycles. The van der Waals surface area contributed by atoms with E-state index in [-0.39, 0.29) is 72.2 Å². The first-order valence-corrected chi connectivity index (χ1v) is 6.17. The molecule has 0 aliphatic heterocycles. The molecule has 1 aromatic rings. The third-order valence-electron chi connectivity index (χ3n) is 0.556. The van der Waals surface area contributed by atoms with Crippen LogP contribution in [0.2, 0.25) is 19.6 Å². The van der Waals surface area contributed by atoms with Crippen LogP contribution in [0.4, 0.5) is 0 Å². The molecule has 0 fully saturated rings. The van der Waals surface area contributed by atoms with Crippen LogP contribution in [0.3, 0.4) is 0 Å². The Bertz CT molecular complexity index is 103. The Hall–Kier alpha value is 1.32. The van der Waals surface area contributed by atoms with Gasteiger partial charge in [0.1, 0.15) is 0 Å². The van der Waals surface area contributed by atoms with Crippen molar-refractivity contribution in [2.75, 3.05) is 0 Å². The van der Waals surface area contributed by atoms with Gasteiger partial charge in [0, 0.05) is 8.80 Å². The van der Waals surface area contributed by atoms with Gasteiger partial charge in [0.15, 0.2) is 0 Å². The molecule has 0 unspecified atom stereocenters. The van der Waals surface area contributed by atoms with Crippen molar-refractivity contribution in [2.45, 2.75) is 19.6 Å². The van der Waals surface area contributed by atoms with Gasteiger partial charge in [-0.25, -0.2) is 12.1 Å². The first-order valence-electron chi connectivity index (χ1n) is 3.17. The van der Waals surface area contributed by atoms with Crippen LogP contribution in [0.5, 0.6) is 0 Å². The maximum atomic E-state index is 2.27. The second-order valence-electron chi connectivity index (χ2n) is 2.46. The standard InChI is InChI=1S/C5H5.C3H9Si.3ClH.Zr/c1-2-4-5-3-1;1-4(2)3;;;;/h1-5H;1-3H3;3*1H;/q-1;;;;;+4/p-3. The summed E-state index contributed by atoms with van der Waals surface area (Å²) in [6.45, 7) is 6.81. The van der Waals surface area contributed by atoms with Crippen LogP contribution in [-0.2, 0) is 26.2 Å². The normalized spacial score (nSPS) is 5.85. The van der Waals surface area contributed by atoms with Crippen LogP contribution in [0.15, 0.2) is 30.3 Å². The molecule has 0 bridgehead atoms. The third-order valence-corrected chi connectivity index (χ3v) is 0.556. The predicted molar refractivity (Wildman–Crippen MR) is 45.4 cm³/mol. The summed E-state index contributed by atoms with van der Waals surface area (Å²) in [6.07, 6.45) is 0. The molecule has 0 aromatic heterocycles. The quantitative estimate of drug-likeness (QED) is 0.327. The predicted octanol–water partition coefficient (Wildman–Crippen LogP) is -6.21. The van der Waals surface area contributed by atoms with E-state index in [1.54, 1.807) is 0 Å². The zero-order valence-corrected chi connectivity index (χ0v) is 13.7. The summed E-state index contributed by atoms with van der Waals surface area (Å²) in [5.74, 6) is 0. The molecule has 0 N–H and O–H groups in total. The number of rotatable bonds is 0. The van der Waals surface area contributed by atoms with Gasteiger partial charge in [-0.15, -0.1) is 0 Å². The van der Waals surface area contributed by atoms with E-state index in [1.807, 2.05) is 30.3 Å². The molecule has 0 saturated carbocycles. The first kappa shape index (κ1) is 29.2. The van der Waals surface area contributed by atoms with Crippen LogP contribution in [0, 0.1) is 0 Å². The summed E-state index contributed by atoms with van der Waals surface area (Å²) < 4.78 is 0. The molecule has 0 amide bonds. The Kier molecular flexibility index (Phi) is 52.4. The monoisotopic (exact) mass is 333 g/mol. The van der Waals surface area contributed by atoms with E-state index < -0.39 is 0 Å². The van der Waals surface area contributed by atoms with Crippen molar-refractivity contribution < 1.29 is 63.4 Å². The van der Waals surface area contributed by atoms with Crippen molar-refractivity contribution in [3.8, 4) is 0 Å². The topological polar surface area (TPSA) is 0 Å². The summed E-state index contributed by atoms with van der Waals surface area (Å²) in [5.41, 5.74) is 0. The minimum atomic E-state index is 0. The molecule has 0 heterocycles. The fourth-order valence-electron chi connectivity index (χ4n) is 0.321. The maximum absolute atomic E-state index is 2.27. The second kappa shape index (κ2) is 23.3. The summed E-state index contributed by atoms with van der Waals surface area (Å²) >= 11 is 0. The van der Waals surface area contributed by atoms with Crippen LogP contribution in [-0.4, -0.2) is 8.80 Å². The van der Waals surface area contributed by atoms with Crippen molar-refractivity contribution >= 4 is 8.80 Å². The smallest absolute Gasteiger partial charge is 1.00 e. The molecule has 1 aromatic carbocycles. The number of halogens is 3. The van der Waals surface area contributed by atoms with E-state index in [0.29, 0.717) is 0 Å². The second-order valence-corrected chi connectivity index (χ2v) is 5.46. The van der Waals surface area contributed by atoms with Crippen LogP contribution >= 0.6 is 0 Å². The molecule has 13 heavy (non-hydrogen) atoms. The van der Waals surface area contributed by atoms with E-state index in [1.165, 1.54) is 0 Å². The molecular weight excluding hydrogens is 322 g/mol. The zero-order chi connectivity index (χ0) is 7.11. The van der Waals surface area contributed by atoms with Gasteiger partial charge in [0.25, 0.3) is 0 Å². The number of hydrogen-bond donors (Lipinski definition) is 0. The Morgan fingerprint density at radius 3 is 1.15 bits per heavy atom. The van der Waals surface area contributed by atoms with Gasteiger partial charge in [-0.2, -0.15) is 18.2 Å². The van der Waals surface area contributed by atoms with E-state index in [0.717, 1.165) is 0 Å². The van der Waals surface area contributed by atoms with Crippen molar-refractivity contribution in [1.29, 1.82) is 0 Å². The summed E-state index contributed by atoms with van der Waals surface area (Å²) in [7, 11) is 0.120. The van der Waals surface area contributed by atoms with E-state index in [9.17, 15) is 0 Å². The minimum absolute atomic E-state index is 0. The summed E-state index contributed by atoms with van der Waals surface area (Å²) in [6, 6.07) is 10.0. The molecule has 0 saturated heterocycles. The third kappa shape index (κ3) is 42.7. The van der Waals surface area contributed by atoms with Crippen LogP contribution in [0.25, 0.3) is 0 Å². The van der Waals surface area contributed by atoms with Crippen LogP contribution < -0.4 is 37.2 Å². The Morgan fingerprint density at radius 2 is 1.08 bits per heavy atom. The molecule has 1 radical (unpaired) electrons. The Labute approximate surface area is 121 Å². The van der Waals surface area contributed by atoms with Crippen molar-refractivity contribution in [1.82, 2.24) is 0 Å². The molecule has 0 nitrogen and oxygen atoms in total. The Balaban J connectivity index is -0.0000000256. The molecular formula is C8H14Cl3SiZr. The maximum Gasteiger partial charge on any atom is 4.00 e. The van der Waals surface area contributed by atoms with Gasteiger partial charge in [-0.05, 0) is 0 Å². The van der Waals surface area contributed by atoms with Crippen LogP contribution in [0.1, 0.15) is 0 Å². The van der Waals surface area contributed by atoms with Gasteiger partial charge in [-0.3, -0.25) is 0 Å². The average molecular weight is 336 g/mol. The van der Waals surface area contributed by atoms with Crippen molar-refractivity contribution in [2.24, 2.45) is 0 Å². The van der Waals surface area contributed by atoms with Gasteiger partial charge in [-0.1, -0.05) is 19.6 Å². The van der Waals surface area contributed by atoms with Gasteiger partial charge >= 0.3 is 26.2 Å². The molecule has 0 atom stereocenters. The van der Waals surface area contributed by atoms with Gasteiger partial charge in [0.2, 0.25) is 0 Å².